The van der Waals surface area contributed by atoms with E-state index in [4.69, 9.17) is 10.5 Å². The lowest BCUT2D eigenvalue weighted by molar-refractivity contribution is 0.0794. The second-order valence-electron chi connectivity index (χ2n) is 4.56. The van der Waals surface area contributed by atoms with Crippen LogP contribution in [0.15, 0.2) is 0 Å². The quantitative estimate of drug-likeness (QED) is 0.728. The van der Waals surface area contributed by atoms with E-state index in [1.165, 1.54) is 0 Å². The van der Waals surface area contributed by atoms with Crippen molar-refractivity contribution in [3.63, 3.8) is 0 Å². The fourth-order valence-electron chi connectivity index (χ4n) is 2.29. The van der Waals surface area contributed by atoms with Gasteiger partial charge in [-0.3, -0.25) is 0 Å². The first kappa shape index (κ1) is 11.0. The van der Waals surface area contributed by atoms with Crippen LogP contribution in [-0.2, 0) is 4.74 Å². The van der Waals surface area contributed by atoms with Crippen molar-refractivity contribution < 1.29 is 4.74 Å². The fraction of sp³-hybridized carbons (Fsp3) is 1.00. The summed E-state index contributed by atoms with van der Waals surface area (Å²) in [4.78, 5) is 0. The Balaban J connectivity index is 2.40. The van der Waals surface area contributed by atoms with Gasteiger partial charge in [0, 0.05) is 18.6 Å². The van der Waals surface area contributed by atoms with Gasteiger partial charge >= 0.3 is 0 Å². The third-order valence-corrected chi connectivity index (χ3v) is 2.96. The summed E-state index contributed by atoms with van der Waals surface area (Å²) in [5.41, 5.74) is 6.17. The summed E-state index contributed by atoms with van der Waals surface area (Å²) in [6.45, 7) is 7.56. The van der Waals surface area contributed by atoms with Crippen LogP contribution in [0.3, 0.4) is 0 Å². The zero-order valence-electron chi connectivity index (χ0n) is 9.12. The molecule has 3 unspecified atom stereocenters. The molecule has 78 valence electrons. The molecule has 2 N–H and O–H groups in total. The van der Waals surface area contributed by atoms with Crippen molar-refractivity contribution in [2.75, 3.05) is 6.61 Å². The molecule has 1 aliphatic heterocycles. The summed E-state index contributed by atoms with van der Waals surface area (Å²) >= 11 is 0. The van der Waals surface area contributed by atoms with E-state index in [9.17, 15) is 0 Å². The van der Waals surface area contributed by atoms with Gasteiger partial charge in [-0.1, -0.05) is 20.8 Å². The Morgan fingerprint density at radius 2 is 2.15 bits per heavy atom. The molecule has 2 heteroatoms. The molecule has 1 rings (SSSR count). The third-order valence-electron chi connectivity index (χ3n) is 2.96. The first-order valence-corrected chi connectivity index (χ1v) is 5.52. The Kier molecular flexibility index (Phi) is 4.20. The Hall–Kier alpha value is -0.0800. The predicted molar refractivity (Wildman–Crippen MR) is 55.6 cm³/mol. The maximum absolute atomic E-state index is 6.17. The minimum absolute atomic E-state index is 0.340. The van der Waals surface area contributed by atoms with Crippen LogP contribution in [-0.4, -0.2) is 18.8 Å². The van der Waals surface area contributed by atoms with E-state index in [2.05, 4.69) is 20.8 Å². The molecule has 13 heavy (non-hydrogen) atoms. The van der Waals surface area contributed by atoms with Gasteiger partial charge < -0.3 is 10.5 Å². The van der Waals surface area contributed by atoms with E-state index in [-0.39, 0.29) is 0 Å². The molecule has 0 spiro atoms. The van der Waals surface area contributed by atoms with E-state index in [0.717, 1.165) is 25.9 Å². The summed E-state index contributed by atoms with van der Waals surface area (Å²) in [5.74, 6) is 1.31. The molecule has 1 saturated heterocycles. The smallest absolute Gasteiger partial charge is 0.0616 e. The first-order valence-electron chi connectivity index (χ1n) is 5.52. The van der Waals surface area contributed by atoms with Crippen LogP contribution in [0.2, 0.25) is 0 Å². The summed E-state index contributed by atoms with van der Waals surface area (Å²) in [6, 6.07) is 0.340. The van der Waals surface area contributed by atoms with Crippen molar-refractivity contribution in [3.8, 4) is 0 Å². The fourth-order valence-corrected chi connectivity index (χ4v) is 2.29. The monoisotopic (exact) mass is 185 g/mol. The average Bonchev–Trinajstić information content (AvgIpc) is 2.49. The van der Waals surface area contributed by atoms with Crippen molar-refractivity contribution >= 4 is 0 Å². The summed E-state index contributed by atoms with van der Waals surface area (Å²) in [5, 5.41) is 0. The predicted octanol–water partition coefficient (Wildman–Crippen LogP) is 2.17. The molecular weight excluding hydrogens is 162 g/mol. The summed E-state index contributed by atoms with van der Waals surface area (Å²) in [6.07, 6.45) is 3.82. The molecule has 1 aliphatic rings. The van der Waals surface area contributed by atoms with Crippen LogP contribution in [0, 0.1) is 11.8 Å². The Bertz CT molecular complexity index is 147. The highest BCUT2D eigenvalue weighted by Crippen LogP contribution is 2.28. The van der Waals surface area contributed by atoms with E-state index >= 15 is 0 Å². The number of rotatable bonds is 4. The van der Waals surface area contributed by atoms with Crippen molar-refractivity contribution in [1.29, 1.82) is 0 Å². The molecular formula is C11H23NO. The van der Waals surface area contributed by atoms with E-state index in [1.807, 2.05) is 0 Å². The third kappa shape index (κ3) is 2.96. The Morgan fingerprint density at radius 1 is 1.46 bits per heavy atom. The van der Waals surface area contributed by atoms with Gasteiger partial charge in [-0.25, -0.2) is 0 Å². The maximum Gasteiger partial charge on any atom is 0.0616 e. The molecule has 0 bridgehead atoms. The molecule has 0 amide bonds. The minimum Gasteiger partial charge on any atom is -0.378 e. The Labute approximate surface area is 81.8 Å². The van der Waals surface area contributed by atoms with Crippen molar-refractivity contribution in [1.82, 2.24) is 0 Å². The molecule has 3 atom stereocenters. The minimum atomic E-state index is 0.340. The van der Waals surface area contributed by atoms with E-state index in [0.29, 0.717) is 24.0 Å². The number of ether oxygens (including phenoxy) is 1. The van der Waals surface area contributed by atoms with Crippen LogP contribution in [0.5, 0.6) is 0 Å². The number of hydrogen-bond donors (Lipinski definition) is 1. The lowest BCUT2D eigenvalue weighted by Crippen LogP contribution is -2.36. The van der Waals surface area contributed by atoms with Crippen LogP contribution in [0.25, 0.3) is 0 Å². The maximum atomic E-state index is 6.17. The van der Waals surface area contributed by atoms with Gasteiger partial charge in [0.05, 0.1) is 6.10 Å². The van der Waals surface area contributed by atoms with Crippen molar-refractivity contribution in [3.05, 3.63) is 0 Å². The van der Waals surface area contributed by atoms with Crippen molar-refractivity contribution in [2.45, 2.75) is 52.2 Å². The molecule has 0 aromatic heterocycles. The van der Waals surface area contributed by atoms with Gasteiger partial charge in [-0.05, 0) is 25.2 Å². The molecule has 0 aliphatic carbocycles. The number of nitrogens with two attached hydrogens (primary N) is 1. The van der Waals surface area contributed by atoms with Gasteiger partial charge in [0.25, 0.3) is 0 Å². The normalized spacial score (nSPS) is 31.2. The van der Waals surface area contributed by atoms with Crippen LogP contribution in [0.4, 0.5) is 0 Å². The largest absolute Gasteiger partial charge is 0.378 e. The SMILES string of the molecule is CCC1OCCC1C(N)CC(C)C. The van der Waals surface area contributed by atoms with Crippen LogP contribution < -0.4 is 5.73 Å². The first-order chi connectivity index (χ1) is 6.15. The molecule has 1 fully saturated rings. The Morgan fingerprint density at radius 3 is 2.69 bits per heavy atom. The second-order valence-corrected chi connectivity index (χ2v) is 4.56. The molecule has 0 aromatic carbocycles. The highest BCUT2D eigenvalue weighted by Gasteiger charge is 2.31. The van der Waals surface area contributed by atoms with E-state index < -0.39 is 0 Å². The van der Waals surface area contributed by atoms with Gasteiger partial charge in [0.15, 0.2) is 0 Å². The zero-order valence-corrected chi connectivity index (χ0v) is 9.12. The van der Waals surface area contributed by atoms with Gasteiger partial charge in [-0.15, -0.1) is 0 Å². The molecule has 0 saturated carbocycles. The van der Waals surface area contributed by atoms with Gasteiger partial charge in [0.2, 0.25) is 0 Å². The topological polar surface area (TPSA) is 35.2 Å². The van der Waals surface area contributed by atoms with Crippen molar-refractivity contribution in [2.24, 2.45) is 17.6 Å². The summed E-state index contributed by atoms with van der Waals surface area (Å²) in [7, 11) is 0. The highest BCUT2D eigenvalue weighted by atomic mass is 16.5. The highest BCUT2D eigenvalue weighted by molar-refractivity contribution is 4.84. The molecule has 0 radical (unpaired) electrons. The molecule has 0 aromatic rings. The number of hydrogen-bond acceptors (Lipinski definition) is 2. The standard InChI is InChI=1S/C11H23NO/c1-4-11-9(5-6-13-11)10(12)7-8(2)3/h8-11H,4-7,12H2,1-3H3. The zero-order chi connectivity index (χ0) is 9.84. The van der Waals surface area contributed by atoms with E-state index in [1.54, 1.807) is 0 Å². The van der Waals surface area contributed by atoms with Gasteiger partial charge in [-0.2, -0.15) is 0 Å². The van der Waals surface area contributed by atoms with Crippen LogP contribution in [0.1, 0.15) is 40.0 Å². The molecule has 1 heterocycles. The summed E-state index contributed by atoms with van der Waals surface area (Å²) < 4.78 is 5.64. The lowest BCUT2D eigenvalue weighted by atomic mass is 9.87. The second kappa shape index (κ2) is 4.97. The molecule has 2 nitrogen and oxygen atoms in total. The van der Waals surface area contributed by atoms with Gasteiger partial charge in [0.1, 0.15) is 0 Å². The van der Waals surface area contributed by atoms with Crippen LogP contribution >= 0.6 is 0 Å². The lowest BCUT2D eigenvalue weighted by Gasteiger charge is -2.24. The average molecular weight is 185 g/mol.